The minimum absolute atomic E-state index is 0.109. The van der Waals surface area contributed by atoms with Crippen LogP contribution in [0, 0.1) is 0 Å². The third kappa shape index (κ3) is 43.1. The summed E-state index contributed by atoms with van der Waals surface area (Å²) in [6.07, 6.45) is 55.7. The Morgan fingerprint density at radius 2 is 0.935 bits per heavy atom. The number of unbranched alkanes of at least 4 members (excludes halogenated alkanes) is 12. The molecule has 12 heteroatoms. The zero-order valence-electron chi connectivity index (χ0n) is 38.1. The monoisotopic (exact) mass is 888 g/mol. The Bertz CT molecular complexity index is 1410. The zero-order valence-corrected chi connectivity index (χ0v) is 39.0. The van der Waals surface area contributed by atoms with Crippen LogP contribution in [0.5, 0.6) is 0 Å². The van der Waals surface area contributed by atoms with Gasteiger partial charge in [-0.25, -0.2) is 9.36 Å². The maximum Gasteiger partial charge on any atom is 0.472 e. The summed E-state index contributed by atoms with van der Waals surface area (Å²) in [4.78, 5) is 46.0. The lowest BCUT2D eigenvalue weighted by atomic mass is 10.1. The number of phosphoric ester groups is 1. The number of nitrogens with one attached hydrogen (secondary N) is 1. The minimum Gasteiger partial charge on any atom is -0.480 e. The van der Waals surface area contributed by atoms with Gasteiger partial charge in [0.1, 0.15) is 12.7 Å². The van der Waals surface area contributed by atoms with Gasteiger partial charge in [0.25, 0.3) is 0 Å². The standard InChI is InChI=1S/C50H82NO10P/c1-3-5-7-9-11-13-15-17-19-20-21-22-23-24-25-26-28-29-31-33-35-37-39-41-48(53)51-47(50(55)56)45-61-62(57,58)60-44-46(52)43-59-49(54)42-40-38-36-34-32-30-27-18-16-14-12-10-8-6-4-2/h5,7,11-14,17-19,21-22,24-25,27-29,46-47,52H,3-4,6,8-10,15-16,20,23,26,30-45H2,1-2H3,(H,51,53)(H,55,56)(H,57,58)/b7-5-,13-11-,14-12-,19-17-,22-21-,25-24-,27-18-,29-28-. The molecule has 352 valence electrons. The first-order chi connectivity index (χ1) is 30.1. The van der Waals surface area contributed by atoms with Gasteiger partial charge in [-0.05, 0) is 96.3 Å². The van der Waals surface area contributed by atoms with E-state index in [1.165, 1.54) is 19.3 Å². The molecular formula is C50H82NO10P. The first-order valence-electron chi connectivity index (χ1n) is 23.3. The summed E-state index contributed by atoms with van der Waals surface area (Å²) in [6.45, 7) is 2.41. The van der Waals surface area contributed by atoms with Crippen LogP contribution in [0.2, 0.25) is 0 Å². The Labute approximate surface area is 374 Å². The molecule has 62 heavy (non-hydrogen) atoms. The number of allylic oxidation sites excluding steroid dienone is 16. The van der Waals surface area contributed by atoms with E-state index in [2.05, 4.69) is 116 Å². The molecule has 0 spiro atoms. The highest BCUT2D eigenvalue weighted by Gasteiger charge is 2.28. The summed E-state index contributed by atoms with van der Waals surface area (Å²) >= 11 is 0. The lowest BCUT2D eigenvalue weighted by molar-refractivity contribution is -0.147. The van der Waals surface area contributed by atoms with Crippen LogP contribution in [0.15, 0.2) is 97.2 Å². The van der Waals surface area contributed by atoms with E-state index in [0.29, 0.717) is 12.8 Å². The van der Waals surface area contributed by atoms with Crippen LogP contribution in [-0.4, -0.2) is 64.9 Å². The number of carboxylic acid groups (broad SMARTS) is 1. The normalized spacial score (nSPS) is 14.5. The number of rotatable bonds is 42. The number of carbonyl (C=O) groups is 3. The second kappa shape index (κ2) is 44.0. The van der Waals surface area contributed by atoms with Crippen LogP contribution in [0.3, 0.4) is 0 Å². The summed E-state index contributed by atoms with van der Waals surface area (Å²) in [5, 5.41) is 21.8. The summed E-state index contributed by atoms with van der Waals surface area (Å²) in [5.41, 5.74) is 0. The van der Waals surface area contributed by atoms with Gasteiger partial charge in [-0.15, -0.1) is 0 Å². The first kappa shape index (κ1) is 58.4. The smallest absolute Gasteiger partial charge is 0.472 e. The number of phosphoric acid groups is 1. The Balaban J connectivity index is 3.98. The van der Waals surface area contributed by atoms with E-state index >= 15 is 0 Å². The van der Waals surface area contributed by atoms with E-state index in [1.54, 1.807) is 0 Å². The maximum absolute atomic E-state index is 12.3. The molecule has 0 aliphatic rings. The largest absolute Gasteiger partial charge is 0.480 e. The summed E-state index contributed by atoms with van der Waals surface area (Å²) in [5.74, 6) is -2.44. The summed E-state index contributed by atoms with van der Waals surface area (Å²) in [6, 6.07) is -1.57. The van der Waals surface area contributed by atoms with E-state index in [1.807, 2.05) is 0 Å². The van der Waals surface area contributed by atoms with Crippen molar-refractivity contribution in [2.24, 2.45) is 0 Å². The average molecular weight is 888 g/mol. The number of esters is 1. The van der Waals surface area contributed by atoms with Crippen molar-refractivity contribution in [3.05, 3.63) is 97.2 Å². The van der Waals surface area contributed by atoms with Crippen molar-refractivity contribution in [2.45, 2.75) is 180 Å². The molecule has 0 saturated carbocycles. The fourth-order valence-electron chi connectivity index (χ4n) is 5.76. The number of carbonyl (C=O) groups excluding carboxylic acids is 2. The zero-order chi connectivity index (χ0) is 45.6. The van der Waals surface area contributed by atoms with Crippen molar-refractivity contribution < 1.29 is 47.8 Å². The molecule has 0 radical (unpaired) electrons. The third-order valence-corrected chi connectivity index (χ3v) is 10.3. The number of aliphatic carboxylic acids is 1. The molecule has 3 atom stereocenters. The number of hydrogen-bond donors (Lipinski definition) is 4. The highest BCUT2D eigenvalue weighted by atomic mass is 31.2. The van der Waals surface area contributed by atoms with Gasteiger partial charge in [0.2, 0.25) is 5.91 Å². The highest BCUT2D eigenvalue weighted by molar-refractivity contribution is 7.47. The third-order valence-electron chi connectivity index (χ3n) is 9.36. The molecule has 0 aromatic heterocycles. The van der Waals surface area contributed by atoms with Crippen LogP contribution in [0.25, 0.3) is 0 Å². The van der Waals surface area contributed by atoms with Gasteiger partial charge in [0.15, 0.2) is 6.04 Å². The number of aliphatic hydroxyl groups is 1. The van der Waals surface area contributed by atoms with Crippen molar-refractivity contribution in [1.82, 2.24) is 5.32 Å². The average Bonchev–Trinajstić information content (AvgIpc) is 3.25. The number of ether oxygens (including phenoxy) is 1. The van der Waals surface area contributed by atoms with Crippen molar-refractivity contribution in [1.29, 1.82) is 0 Å². The summed E-state index contributed by atoms with van der Waals surface area (Å²) < 4.78 is 26.8. The maximum atomic E-state index is 12.3. The van der Waals surface area contributed by atoms with Crippen molar-refractivity contribution in [2.75, 3.05) is 19.8 Å². The molecule has 0 aliphatic carbocycles. The van der Waals surface area contributed by atoms with Crippen molar-refractivity contribution in [3.8, 4) is 0 Å². The number of aliphatic hydroxyl groups excluding tert-OH is 1. The first-order valence-corrected chi connectivity index (χ1v) is 24.8. The second-order valence-corrected chi connectivity index (χ2v) is 16.7. The molecule has 3 unspecified atom stereocenters. The predicted molar refractivity (Wildman–Crippen MR) is 254 cm³/mol. The van der Waals surface area contributed by atoms with Crippen LogP contribution < -0.4 is 5.32 Å². The van der Waals surface area contributed by atoms with E-state index in [-0.39, 0.29) is 12.8 Å². The molecule has 0 bridgehead atoms. The van der Waals surface area contributed by atoms with Gasteiger partial charge in [-0.1, -0.05) is 156 Å². The van der Waals surface area contributed by atoms with Gasteiger partial charge < -0.3 is 25.2 Å². The Morgan fingerprint density at radius 1 is 0.532 bits per heavy atom. The van der Waals surface area contributed by atoms with E-state index in [0.717, 1.165) is 109 Å². The Kier molecular flexibility index (Phi) is 41.5. The minimum atomic E-state index is -4.78. The fraction of sp³-hybridized carbons (Fsp3) is 0.620. The van der Waals surface area contributed by atoms with Gasteiger partial charge in [0, 0.05) is 12.8 Å². The molecule has 0 fully saturated rings. The van der Waals surface area contributed by atoms with Gasteiger partial charge in [0.05, 0.1) is 13.2 Å². The fourth-order valence-corrected chi connectivity index (χ4v) is 6.53. The molecule has 4 N–H and O–H groups in total. The molecule has 1 amide bonds. The molecule has 0 saturated heterocycles. The van der Waals surface area contributed by atoms with Crippen LogP contribution in [0.4, 0.5) is 0 Å². The Morgan fingerprint density at radius 3 is 1.40 bits per heavy atom. The summed E-state index contributed by atoms with van der Waals surface area (Å²) in [7, 11) is -4.78. The Hall–Kier alpha value is -3.60. The van der Waals surface area contributed by atoms with E-state index < -0.39 is 57.6 Å². The van der Waals surface area contributed by atoms with Crippen LogP contribution in [-0.2, 0) is 32.7 Å². The molecule has 0 heterocycles. The number of amides is 1. The quantitative estimate of drug-likeness (QED) is 0.0200. The van der Waals surface area contributed by atoms with Crippen LogP contribution in [0.1, 0.15) is 168 Å². The van der Waals surface area contributed by atoms with Crippen LogP contribution >= 0.6 is 7.82 Å². The highest BCUT2D eigenvalue weighted by Crippen LogP contribution is 2.43. The molecule has 0 aromatic carbocycles. The van der Waals surface area contributed by atoms with Crippen molar-refractivity contribution >= 4 is 25.7 Å². The molecule has 11 nitrogen and oxygen atoms in total. The SMILES string of the molecule is CC/C=C\C/C=C\C/C=C\C/C=C\C/C=C\C/C=C\CCCCCCC(=O)NC(COP(=O)(O)OCC(O)COC(=O)CCCCCCC/C=C\C/C=C\CCCCC)C(=O)O. The molecule has 0 aromatic rings. The van der Waals surface area contributed by atoms with E-state index in [4.69, 9.17) is 13.8 Å². The van der Waals surface area contributed by atoms with Crippen molar-refractivity contribution in [3.63, 3.8) is 0 Å². The molecule has 0 aliphatic heterocycles. The molecular weight excluding hydrogens is 806 g/mol. The topological polar surface area (TPSA) is 169 Å². The lowest BCUT2D eigenvalue weighted by Crippen LogP contribution is -2.43. The van der Waals surface area contributed by atoms with Gasteiger partial charge >= 0.3 is 19.8 Å². The number of carboxylic acids is 1. The van der Waals surface area contributed by atoms with Gasteiger partial charge in [-0.3, -0.25) is 18.6 Å². The molecule has 0 rings (SSSR count). The second-order valence-electron chi connectivity index (χ2n) is 15.2. The van der Waals surface area contributed by atoms with Gasteiger partial charge in [-0.2, -0.15) is 0 Å². The number of hydrogen-bond acceptors (Lipinski definition) is 8. The lowest BCUT2D eigenvalue weighted by Gasteiger charge is -2.18. The predicted octanol–water partition coefficient (Wildman–Crippen LogP) is 12.4. The van der Waals surface area contributed by atoms with E-state index in [9.17, 15) is 34.1 Å².